The van der Waals surface area contributed by atoms with Gasteiger partial charge in [0, 0.05) is 18.7 Å². The van der Waals surface area contributed by atoms with Gasteiger partial charge in [-0.05, 0) is 74.7 Å². The molecule has 1 aliphatic rings. The van der Waals surface area contributed by atoms with Crippen LogP contribution >= 0.6 is 0 Å². The first-order valence-electron chi connectivity index (χ1n) is 9.60. The number of carbonyl (C=O) groups excluding carboxylic acids is 1. The molecule has 0 radical (unpaired) electrons. The molecular weight excluding hydrogens is 390 g/mol. The van der Waals surface area contributed by atoms with Crippen LogP contribution in [0.5, 0.6) is 5.75 Å². The van der Waals surface area contributed by atoms with Crippen molar-refractivity contribution in [1.82, 2.24) is 9.73 Å². The van der Waals surface area contributed by atoms with Crippen LogP contribution in [-0.4, -0.2) is 44.0 Å². The molecule has 0 spiro atoms. The quantitative estimate of drug-likeness (QED) is 0.556. The summed E-state index contributed by atoms with van der Waals surface area (Å²) in [5, 5.41) is 4.13. The van der Waals surface area contributed by atoms with Crippen molar-refractivity contribution in [2.24, 2.45) is 5.10 Å². The Bertz CT molecular complexity index is 995. The summed E-state index contributed by atoms with van der Waals surface area (Å²) in [6.07, 6.45) is 1.72. The van der Waals surface area contributed by atoms with E-state index in [4.69, 9.17) is 4.74 Å². The lowest BCUT2D eigenvalue weighted by atomic mass is 10.1. The van der Waals surface area contributed by atoms with Crippen molar-refractivity contribution in [2.75, 3.05) is 19.7 Å². The predicted octanol–water partition coefficient (Wildman–Crippen LogP) is 3.02. The fraction of sp³-hybridized carbons (Fsp3) is 0.333. The number of hydrogen-bond donors (Lipinski definition) is 1. The smallest absolute Gasteiger partial charge is 0.271 e. The van der Waals surface area contributed by atoms with Crippen LogP contribution in [0, 0.1) is 0 Å². The number of hydrazone groups is 1. The number of ether oxygens (including phenoxy) is 1. The zero-order valence-corrected chi connectivity index (χ0v) is 17.4. The first-order valence-corrected chi connectivity index (χ1v) is 11.0. The van der Waals surface area contributed by atoms with Gasteiger partial charge in [-0.25, -0.2) is 13.8 Å². The van der Waals surface area contributed by atoms with Gasteiger partial charge >= 0.3 is 0 Å². The molecule has 154 valence electrons. The van der Waals surface area contributed by atoms with E-state index in [1.807, 2.05) is 31.2 Å². The Morgan fingerprint density at radius 3 is 2.45 bits per heavy atom. The third-order valence-electron chi connectivity index (χ3n) is 4.71. The highest BCUT2D eigenvalue weighted by molar-refractivity contribution is 7.89. The zero-order valence-electron chi connectivity index (χ0n) is 16.6. The van der Waals surface area contributed by atoms with Crippen molar-refractivity contribution in [3.63, 3.8) is 0 Å². The number of nitrogens with zero attached hydrogens (tertiary/aromatic N) is 2. The molecule has 2 aromatic carbocycles. The molecule has 1 amide bonds. The van der Waals surface area contributed by atoms with E-state index in [9.17, 15) is 13.2 Å². The molecular formula is C21H25N3O4S. The van der Waals surface area contributed by atoms with E-state index in [1.54, 1.807) is 19.1 Å². The van der Waals surface area contributed by atoms with Crippen molar-refractivity contribution >= 4 is 21.6 Å². The Balaban J connectivity index is 1.71. The van der Waals surface area contributed by atoms with Crippen LogP contribution in [0.4, 0.5) is 0 Å². The summed E-state index contributed by atoms with van der Waals surface area (Å²) in [7, 11) is -3.57. The van der Waals surface area contributed by atoms with Gasteiger partial charge in [-0.15, -0.1) is 0 Å². The summed E-state index contributed by atoms with van der Waals surface area (Å²) in [6, 6.07) is 13.4. The Labute approximate surface area is 171 Å². The van der Waals surface area contributed by atoms with Crippen molar-refractivity contribution in [1.29, 1.82) is 0 Å². The number of carbonyl (C=O) groups is 1. The second kappa shape index (κ2) is 9.19. The van der Waals surface area contributed by atoms with E-state index in [2.05, 4.69) is 10.5 Å². The van der Waals surface area contributed by atoms with E-state index in [0.29, 0.717) is 25.4 Å². The van der Waals surface area contributed by atoms with Gasteiger partial charge in [-0.1, -0.05) is 6.07 Å². The number of amides is 1. The summed E-state index contributed by atoms with van der Waals surface area (Å²) >= 11 is 0. The summed E-state index contributed by atoms with van der Waals surface area (Å²) in [5.74, 6) is 0.304. The van der Waals surface area contributed by atoms with Crippen LogP contribution in [-0.2, 0) is 10.0 Å². The Hall–Kier alpha value is -2.71. The molecule has 1 aliphatic heterocycles. The van der Waals surface area contributed by atoms with E-state index >= 15 is 0 Å². The lowest BCUT2D eigenvalue weighted by Crippen LogP contribution is -2.28. The normalized spacial score (nSPS) is 15.3. The number of benzene rings is 2. The molecule has 1 N–H and O–H groups in total. The van der Waals surface area contributed by atoms with Gasteiger partial charge in [0.15, 0.2) is 0 Å². The molecule has 29 heavy (non-hydrogen) atoms. The molecule has 1 saturated heterocycles. The molecule has 7 nitrogen and oxygen atoms in total. The summed E-state index contributed by atoms with van der Waals surface area (Å²) < 4.78 is 32.2. The maximum Gasteiger partial charge on any atom is 0.271 e. The Morgan fingerprint density at radius 2 is 1.79 bits per heavy atom. The van der Waals surface area contributed by atoms with Gasteiger partial charge in [-0.2, -0.15) is 9.41 Å². The van der Waals surface area contributed by atoms with Crippen LogP contribution in [0.2, 0.25) is 0 Å². The van der Waals surface area contributed by atoms with E-state index < -0.39 is 15.9 Å². The second-order valence-electron chi connectivity index (χ2n) is 6.73. The number of hydrogen-bond acceptors (Lipinski definition) is 5. The Morgan fingerprint density at radius 1 is 1.10 bits per heavy atom. The number of nitrogens with one attached hydrogen (secondary N) is 1. The molecule has 0 aliphatic carbocycles. The van der Waals surface area contributed by atoms with E-state index in [-0.39, 0.29) is 10.5 Å². The van der Waals surface area contributed by atoms with Crippen LogP contribution < -0.4 is 10.2 Å². The monoisotopic (exact) mass is 415 g/mol. The van der Waals surface area contributed by atoms with Gasteiger partial charge in [-0.3, -0.25) is 4.79 Å². The van der Waals surface area contributed by atoms with Crippen LogP contribution in [0.15, 0.2) is 58.5 Å². The SMILES string of the molecule is CCOc1ccc(/C(C)=N\NC(=O)c2cccc(S(=O)(=O)N3CCCC3)c2)cc1. The highest BCUT2D eigenvalue weighted by Crippen LogP contribution is 2.21. The molecule has 2 aromatic rings. The van der Waals surface area contributed by atoms with Gasteiger partial charge < -0.3 is 4.74 Å². The zero-order chi connectivity index (χ0) is 20.9. The second-order valence-corrected chi connectivity index (χ2v) is 8.67. The fourth-order valence-corrected chi connectivity index (χ4v) is 4.66. The molecule has 0 aromatic heterocycles. The standard InChI is InChI=1S/C21H25N3O4S/c1-3-28-19-11-9-17(10-12-19)16(2)22-23-21(25)18-7-6-8-20(15-18)29(26,27)24-13-4-5-14-24/h6-12,15H,3-5,13-14H2,1-2H3,(H,23,25)/b22-16-. The summed E-state index contributed by atoms with van der Waals surface area (Å²) in [6.45, 7) is 5.33. The average Bonchev–Trinajstić information content (AvgIpc) is 3.28. The third-order valence-corrected chi connectivity index (χ3v) is 6.60. The predicted molar refractivity (Wildman–Crippen MR) is 112 cm³/mol. The maximum atomic E-state index is 12.7. The topological polar surface area (TPSA) is 88.1 Å². The number of sulfonamides is 1. The maximum absolute atomic E-state index is 12.7. The molecule has 1 fully saturated rings. The Kier molecular flexibility index (Phi) is 6.66. The van der Waals surface area contributed by atoms with Crippen LogP contribution in [0.3, 0.4) is 0 Å². The minimum Gasteiger partial charge on any atom is -0.494 e. The fourth-order valence-electron chi connectivity index (χ4n) is 3.10. The third kappa shape index (κ3) is 5.02. The van der Waals surface area contributed by atoms with Crippen LogP contribution in [0.1, 0.15) is 42.6 Å². The lowest BCUT2D eigenvalue weighted by molar-refractivity contribution is 0.0954. The highest BCUT2D eigenvalue weighted by atomic mass is 32.2. The molecule has 0 atom stereocenters. The van der Waals surface area contributed by atoms with Crippen molar-refractivity contribution in [3.8, 4) is 5.75 Å². The molecule has 0 bridgehead atoms. The molecule has 0 saturated carbocycles. The van der Waals surface area contributed by atoms with E-state index in [1.165, 1.54) is 16.4 Å². The highest BCUT2D eigenvalue weighted by Gasteiger charge is 2.27. The minimum atomic E-state index is -3.57. The number of rotatable bonds is 7. The van der Waals surface area contributed by atoms with Crippen molar-refractivity contribution < 1.29 is 17.9 Å². The molecule has 3 rings (SSSR count). The first-order chi connectivity index (χ1) is 13.9. The molecule has 8 heteroatoms. The van der Waals surface area contributed by atoms with Crippen LogP contribution in [0.25, 0.3) is 0 Å². The first kappa shape index (κ1) is 21.0. The largest absolute Gasteiger partial charge is 0.494 e. The average molecular weight is 416 g/mol. The van der Waals surface area contributed by atoms with Gasteiger partial charge in [0.05, 0.1) is 17.2 Å². The summed E-state index contributed by atoms with van der Waals surface area (Å²) in [5.41, 5.74) is 4.21. The minimum absolute atomic E-state index is 0.124. The molecule has 1 heterocycles. The van der Waals surface area contributed by atoms with Gasteiger partial charge in [0.2, 0.25) is 10.0 Å². The molecule has 0 unspecified atom stereocenters. The van der Waals surface area contributed by atoms with Gasteiger partial charge in [0.25, 0.3) is 5.91 Å². The van der Waals surface area contributed by atoms with Gasteiger partial charge in [0.1, 0.15) is 5.75 Å². The lowest BCUT2D eigenvalue weighted by Gasteiger charge is -2.15. The van der Waals surface area contributed by atoms with E-state index in [0.717, 1.165) is 24.2 Å². The summed E-state index contributed by atoms with van der Waals surface area (Å²) in [4.78, 5) is 12.6. The van der Waals surface area contributed by atoms with Crippen molar-refractivity contribution in [3.05, 3.63) is 59.7 Å². The van der Waals surface area contributed by atoms with Crippen molar-refractivity contribution in [2.45, 2.75) is 31.6 Å².